The second-order valence-corrected chi connectivity index (χ2v) is 7.48. The molecular formula is C26H21N5O4. The largest absolute Gasteiger partial charge is 0.492 e. The molecule has 4 rings (SSSR count). The molecule has 174 valence electrons. The minimum atomic E-state index is -0.552. The van der Waals surface area contributed by atoms with Crippen molar-refractivity contribution >= 4 is 16.9 Å². The summed E-state index contributed by atoms with van der Waals surface area (Å²) in [4.78, 5) is 44.5. The number of ether oxygens (including phenoxy) is 1. The first-order valence-corrected chi connectivity index (χ1v) is 10.7. The van der Waals surface area contributed by atoms with Crippen LogP contribution in [0.2, 0.25) is 0 Å². The average molecular weight is 467 g/mol. The number of rotatable bonds is 8. The van der Waals surface area contributed by atoms with E-state index in [1.807, 2.05) is 12.1 Å². The summed E-state index contributed by atoms with van der Waals surface area (Å²) in [5.74, 6) is 5.15. The minimum absolute atomic E-state index is 0.00157. The summed E-state index contributed by atoms with van der Waals surface area (Å²) in [5, 5.41) is 2.77. The number of hydrogen-bond donors (Lipinski definition) is 2. The van der Waals surface area contributed by atoms with Crippen LogP contribution in [-0.2, 0) is 13.1 Å². The molecule has 0 atom stereocenters. The Labute approximate surface area is 200 Å². The van der Waals surface area contributed by atoms with Crippen molar-refractivity contribution in [3.05, 3.63) is 81.3 Å². The lowest BCUT2D eigenvalue weighted by atomic mass is 10.1. The van der Waals surface area contributed by atoms with E-state index in [4.69, 9.17) is 17.6 Å². The van der Waals surface area contributed by atoms with Gasteiger partial charge >= 0.3 is 5.69 Å². The molecule has 0 saturated carbocycles. The maximum atomic E-state index is 12.8. The number of carbonyl (C=O) groups is 1. The van der Waals surface area contributed by atoms with E-state index < -0.39 is 11.2 Å². The third-order valence-corrected chi connectivity index (χ3v) is 5.25. The van der Waals surface area contributed by atoms with E-state index in [1.54, 1.807) is 36.5 Å². The highest BCUT2D eigenvalue weighted by atomic mass is 16.5. The van der Waals surface area contributed by atoms with E-state index in [-0.39, 0.29) is 31.1 Å². The number of benzene rings is 1. The predicted octanol–water partition coefficient (Wildman–Crippen LogP) is 1.63. The summed E-state index contributed by atoms with van der Waals surface area (Å²) in [6, 6.07) is 12.3. The van der Waals surface area contributed by atoms with Crippen molar-refractivity contribution in [2.75, 3.05) is 13.2 Å². The Morgan fingerprint density at radius 3 is 2.51 bits per heavy atom. The molecule has 0 fully saturated rings. The first kappa shape index (κ1) is 23.1. The highest BCUT2D eigenvalue weighted by Crippen LogP contribution is 2.24. The summed E-state index contributed by atoms with van der Waals surface area (Å²) < 4.78 is 8.01. The van der Waals surface area contributed by atoms with Crippen LogP contribution in [0.4, 0.5) is 0 Å². The Morgan fingerprint density at radius 2 is 1.83 bits per heavy atom. The number of H-pyrrole nitrogens is 1. The molecule has 3 heterocycles. The van der Waals surface area contributed by atoms with Gasteiger partial charge in [-0.05, 0) is 48.0 Å². The number of terminal acetylenes is 2. The van der Waals surface area contributed by atoms with Crippen LogP contribution in [0.25, 0.3) is 22.3 Å². The van der Waals surface area contributed by atoms with Gasteiger partial charge in [0.2, 0.25) is 0 Å². The maximum Gasteiger partial charge on any atom is 0.333 e. The summed E-state index contributed by atoms with van der Waals surface area (Å²) in [6.45, 7) is 0.460. The Kier molecular flexibility index (Phi) is 6.80. The fourth-order valence-corrected chi connectivity index (χ4v) is 3.58. The number of fused-ring (bicyclic) bond motifs is 1. The first-order chi connectivity index (χ1) is 17.0. The van der Waals surface area contributed by atoms with Crippen LogP contribution < -0.4 is 21.3 Å². The van der Waals surface area contributed by atoms with Crippen molar-refractivity contribution in [1.29, 1.82) is 0 Å². The van der Waals surface area contributed by atoms with Gasteiger partial charge in [0.05, 0.1) is 30.7 Å². The van der Waals surface area contributed by atoms with Gasteiger partial charge in [-0.1, -0.05) is 11.8 Å². The van der Waals surface area contributed by atoms with Crippen LogP contribution in [0.15, 0.2) is 64.4 Å². The third kappa shape index (κ3) is 4.85. The smallest absolute Gasteiger partial charge is 0.333 e. The van der Waals surface area contributed by atoms with E-state index in [2.05, 4.69) is 27.1 Å². The molecule has 1 amide bonds. The van der Waals surface area contributed by atoms with Gasteiger partial charge in [-0.3, -0.25) is 19.1 Å². The van der Waals surface area contributed by atoms with Crippen molar-refractivity contribution in [3.8, 4) is 41.7 Å². The van der Waals surface area contributed by atoms with Gasteiger partial charge in [-0.15, -0.1) is 12.8 Å². The molecular weight excluding hydrogens is 446 g/mol. The van der Waals surface area contributed by atoms with Gasteiger partial charge in [-0.2, -0.15) is 0 Å². The number of nitrogens with zero attached hydrogens (tertiary/aromatic N) is 3. The highest BCUT2D eigenvalue weighted by molar-refractivity contribution is 5.93. The van der Waals surface area contributed by atoms with Gasteiger partial charge in [0.15, 0.2) is 0 Å². The van der Waals surface area contributed by atoms with Crippen molar-refractivity contribution in [1.82, 2.24) is 24.4 Å². The number of nitrogens with one attached hydrogen (secondary N) is 2. The minimum Gasteiger partial charge on any atom is -0.492 e. The normalized spacial score (nSPS) is 10.5. The zero-order valence-electron chi connectivity index (χ0n) is 18.7. The van der Waals surface area contributed by atoms with Crippen molar-refractivity contribution in [2.45, 2.75) is 13.1 Å². The fourth-order valence-electron chi connectivity index (χ4n) is 3.58. The Bertz CT molecular complexity index is 1570. The van der Waals surface area contributed by atoms with Crippen LogP contribution in [0.3, 0.4) is 0 Å². The molecule has 0 saturated heterocycles. The molecule has 0 spiro atoms. The van der Waals surface area contributed by atoms with Crippen LogP contribution in [-0.4, -0.2) is 38.2 Å². The van der Waals surface area contributed by atoms with Gasteiger partial charge in [0, 0.05) is 18.1 Å². The van der Waals surface area contributed by atoms with E-state index in [9.17, 15) is 14.4 Å². The summed E-state index contributed by atoms with van der Waals surface area (Å²) in [6.07, 6.45) is 13.8. The monoisotopic (exact) mass is 467 g/mol. The number of pyridine rings is 1. The van der Waals surface area contributed by atoms with Gasteiger partial charge < -0.3 is 15.0 Å². The topological polar surface area (TPSA) is 111 Å². The number of aromatic amines is 1. The molecule has 2 N–H and O–H groups in total. The Balaban J connectivity index is 1.48. The quantitative estimate of drug-likeness (QED) is 0.302. The van der Waals surface area contributed by atoms with Crippen LogP contribution in [0.1, 0.15) is 10.4 Å². The summed E-state index contributed by atoms with van der Waals surface area (Å²) >= 11 is 0. The van der Waals surface area contributed by atoms with Gasteiger partial charge in [0.1, 0.15) is 17.9 Å². The Morgan fingerprint density at radius 1 is 1.09 bits per heavy atom. The molecule has 9 nitrogen and oxygen atoms in total. The summed E-state index contributed by atoms with van der Waals surface area (Å²) in [5.41, 5.74) is 1.49. The zero-order valence-corrected chi connectivity index (χ0v) is 18.7. The lowest BCUT2D eigenvalue weighted by Gasteiger charge is -2.08. The van der Waals surface area contributed by atoms with Crippen LogP contribution in [0.5, 0.6) is 5.75 Å². The number of carbonyl (C=O) groups excluding carboxylic acids is 1. The van der Waals surface area contributed by atoms with Crippen molar-refractivity contribution in [3.63, 3.8) is 0 Å². The first-order valence-electron chi connectivity index (χ1n) is 10.7. The average Bonchev–Trinajstić information content (AvgIpc) is 3.33. The lowest BCUT2D eigenvalue weighted by Crippen LogP contribution is -2.39. The molecule has 0 radical (unpaired) electrons. The zero-order chi connectivity index (χ0) is 24.8. The molecule has 0 unspecified atom stereocenters. The van der Waals surface area contributed by atoms with Gasteiger partial charge in [0.25, 0.3) is 11.5 Å². The number of aromatic nitrogens is 4. The van der Waals surface area contributed by atoms with E-state index >= 15 is 0 Å². The van der Waals surface area contributed by atoms with Crippen molar-refractivity contribution in [2.24, 2.45) is 0 Å². The molecule has 3 aromatic heterocycles. The molecule has 0 bridgehead atoms. The molecule has 1 aromatic carbocycles. The SMILES string of the molecule is C#CCn1c(=O)c2[nH]c(-c3ccc(OCCNC(=O)c4cccnc4)cc3)cc2n(CC#C)c1=O. The van der Waals surface area contributed by atoms with Crippen molar-refractivity contribution < 1.29 is 9.53 Å². The number of hydrogen-bond acceptors (Lipinski definition) is 5. The second kappa shape index (κ2) is 10.3. The third-order valence-electron chi connectivity index (χ3n) is 5.25. The molecule has 9 heteroatoms. The molecule has 0 aliphatic heterocycles. The second-order valence-electron chi connectivity index (χ2n) is 7.48. The molecule has 0 aliphatic rings. The molecule has 0 aliphatic carbocycles. The van der Waals surface area contributed by atoms with Crippen LogP contribution >= 0.6 is 0 Å². The fraction of sp³-hybridized carbons (Fsp3) is 0.154. The maximum absolute atomic E-state index is 12.8. The van der Waals surface area contributed by atoms with Crippen LogP contribution in [0, 0.1) is 24.7 Å². The Hall–Kier alpha value is -5.02. The molecule has 4 aromatic rings. The van der Waals surface area contributed by atoms with Gasteiger partial charge in [-0.25, -0.2) is 9.36 Å². The highest BCUT2D eigenvalue weighted by Gasteiger charge is 2.16. The van der Waals surface area contributed by atoms with E-state index in [1.165, 1.54) is 10.8 Å². The lowest BCUT2D eigenvalue weighted by molar-refractivity contribution is 0.0946. The van der Waals surface area contributed by atoms with E-state index in [0.29, 0.717) is 29.1 Å². The number of amides is 1. The molecule has 35 heavy (non-hydrogen) atoms. The summed E-state index contributed by atoms with van der Waals surface area (Å²) in [7, 11) is 0. The standard InChI is InChI=1S/C26H21N5O4/c1-3-13-30-22-16-21(29-23(22)25(33)31(14-4-2)26(30)34)18-7-9-20(10-8-18)35-15-12-28-24(32)19-6-5-11-27-17-19/h1-2,5-11,16-17,29H,12-15H2,(H,28,32). The van der Waals surface area contributed by atoms with E-state index in [0.717, 1.165) is 10.1 Å². The predicted molar refractivity (Wildman–Crippen MR) is 132 cm³/mol.